The van der Waals surface area contributed by atoms with Gasteiger partial charge < -0.3 is 10.0 Å². The lowest BCUT2D eigenvalue weighted by Gasteiger charge is -2.52. The SMILES string of the molecule is CC1CC(=O)N(C2(C)CCCCC2)C(C)C1C(=O)O. The first-order valence-corrected chi connectivity index (χ1v) is 7.42. The number of hydrogen-bond acceptors (Lipinski definition) is 2. The minimum atomic E-state index is -0.767. The average molecular weight is 267 g/mol. The minimum absolute atomic E-state index is 0.0663. The number of rotatable bonds is 2. The van der Waals surface area contributed by atoms with Crippen LogP contribution in [0.1, 0.15) is 59.3 Å². The van der Waals surface area contributed by atoms with Gasteiger partial charge in [-0.15, -0.1) is 0 Å². The number of hydrogen-bond donors (Lipinski definition) is 1. The molecule has 1 heterocycles. The van der Waals surface area contributed by atoms with Crippen LogP contribution in [0.5, 0.6) is 0 Å². The van der Waals surface area contributed by atoms with Gasteiger partial charge in [-0.2, -0.15) is 0 Å². The van der Waals surface area contributed by atoms with Crippen molar-refractivity contribution in [3.63, 3.8) is 0 Å². The number of likely N-dealkylation sites (tertiary alicyclic amines) is 1. The Kier molecular flexibility index (Phi) is 3.88. The van der Waals surface area contributed by atoms with Crippen LogP contribution in [0.4, 0.5) is 0 Å². The maximum absolute atomic E-state index is 12.4. The molecule has 0 aromatic heterocycles. The van der Waals surface area contributed by atoms with Gasteiger partial charge in [0, 0.05) is 18.0 Å². The van der Waals surface area contributed by atoms with Gasteiger partial charge in [0.1, 0.15) is 0 Å². The maximum atomic E-state index is 12.4. The highest BCUT2D eigenvalue weighted by molar-refractivity contribution is 5.82. The van der Waals surface area contributed by atoms with Gasteiger partial charge in [-0.25, -0.2) is 0 Å². The summed E-state index contributed by atoms with van der Waals surface area (Å²) in [5, 5.41) is 9.43. The highest BCUT2D eigenvalue weighted by Crippen LogP contribution is 2.41. The van der Waals surface area contributed by atoms with Crippen LogP contribution in [0.15, 0.2) is 0 Å². The summed E-state index contributed by atoms with van der Waals surface area (Å²) in [6.07, 6.45) is 5.88. The third kappa shape index (κ3) is 2.49. The van der Waals surface area contributed by atoms with Crippen LogP contribution < -0.4 is 0 Å². The van der Waals surface area contributed by atoms with Crippen molar-refractivity contribution in [2.45, 2.75) is 70.9 Å². The lowest BCUT2D eigenvalue weighted by molar-refractivity contribution is -0.162. The normalized spacial score (nSPS) is 35.2. The van der Waals surface area contributed by atoms with E-state index < -0.39 is 11.9 Å². The summed E-state index contributed by atoms with van der Waals surface area (Å²) in [7, 11) is 0. The third-order valence-electron chi connectivity index (χ3n) is 5.10. The van der Waals surface area contributed by atoms with Gasteiger partial charge in [-0.1, -0.05) is 26.2 Å². The van der Waals surface area contributed by atoms with E-state index in [0.717, 1.165) is 25.7 Å². The quantitative estimate of drug-likeness (QED) is 0.836. The van der Waals surface area contributed by atoms with E-state index in [-0.39, 0.29) is 23.4 Å². The molecule has 2 rings (SSSR count). The Morgan fingerprint density at radius 2 is 1.84 bits per heavy atom. The Hall–Kier alpha value is -1.06. The number of carbonyl (C=O) groups is 2. The summed E-state index contributed by atoms with van der Waals surface area (Å²) in [6, 6.07) is -0.197. The summed E-state index contributed by atoms with van der Waals surface area (Å²) in [4.78, 5) is 25.8. The zero-order valence-electron chi connectivity index (χ0n) is 12.2. The molecule has 3 unspecified atom stereocenters. The number of nitrogens with zero attached hydrogens (tertiary/aromatic N) is 1. The lowest BCUT2D eigenvalue weighted by Crippen LogP contribution is -2.61. The van der Waals surface area contributed by atoms with Crippen LogP contribution >= 0.6 is 0 Å². The molecule has 1 aliphatic heterocycles. The molecule has 0 aromatic rings. The van der Waals surface area contributed by atoms with E-state index in [9.17, 15) is 14.7 Å². The van der Waals surface area contributed by atoms with Gasteiger partial charge in [0.15, 0.2) is 0 Å². The molecule has 1 amide bonds. The molecule has 0 bridgehead atoms. The molecular weight excluding hydrogens is 242 g/mol. The first kappa shape index (κ1) is 14.4. The summed E-state index contributed by atoms with van der Waals surface area (Å²) in [5.41, 5.74) is -0.136. The number of aliphatic carboxylic acids is 1. The molecule has 0 spiro atoms. The van der Waals surface area contributed by atoms with Crippen molar-refractivity contribution >= 4 is 11.9 Å². The van der Waals surface area contributed by atoms with Crippen molar-refractivity contribution < 1.29 is 14.7 Å². The highest BCUT2D eigenvalue weighted by Gasteiger charge is 2.48. The van der Waals surface area contributed by atoms with E-state index in [1.165, 1.54) is 6.42 Å². The number of carboxylic acids is 1. The van der Waals surface area contributed by atoms with Crippen molar-refractivity contribution in [3.8, 4) is 0 Å². The zero-order valence-corrected chi connectivity index (χ0v) is 12.2. The molecule has 4 heteroatoms. The fourth-order valence-corrected chi connectivity index (χ4v) is 4.16. The second-order valence-electron chi connectivity index (χ2n) is 6.61. The number of carbonyl (C=O) groups excluding carboxylic acids is 1. The molecule has 4 nitrogen and oxygen atoms in total. The van der Waals surface area contributed by atoms with Crippen LogP contribution in [0.25, 0.3) is 0 Å². The summed E-state index contributed by atoms with van der Waals surface area (Å²) in [5.74, 6) is -1.13. The monoisotopic (exact) mass is 267 g/mol. The third-order valence-corrected chi connectivity index (χ3v) is 5.10. The Balaban J connectivity index is 2.27. The van der Waals surface area contributed by atoms with E-state index in [0.29, 0.717) is 6.42 Å². The molecule has 1 saturated heterocycles. The van der Waals surface area contributed by atoms with E-state index in [1.807, 2.05) is 18.7 Å². The predicted octanol–water partition coefficient (Wildman–Crippen LogP) is 2.67. The Labute approximate surface area is 115 Å². The number of piperidine rings is 1. The summed E-state index contributed by atoms with van der Waals surface area (Å²) >= 11 is 0. The minimum Gasteiger partial charge on any atom is -0.481 e. The number of amides is 1. The van der Waals surface area contributed by atoms with E-state index in [2.05, 4.69) is 6.92 Å². The molecule has 0 aromatic carbocycles. The number of carboxylic acid groups (broad SMARTS) is 1. The second kappa shape index (κ2) is 5.14. The van der Waals surface area contributed by atoms with Crippen LogP contribution in [-0.2, 0) is 9.59 Å². The van der Waals surface area contributed by atoms with E-state index in [1.54, 1.807) is 0 Å². The standard InChI is InChI=1S/C15H25NO3/c1-10-9-12(17)16(11(2)13(10)14(18)19)15(3)7-5-4-6-8-15/h10-11,13H,4-9H2,1-3H3,(H,18,19). The Bertz CT molecular complexity index is 374. The van der Waals surface area contributed by atoms with Gasteiger partial charge in [-0.3, -0.25) is 9.59 Å². The van der Waals surface area contributed by atoms with Crippen molar-refractivity contribution in [1.82, 2.24) is 4.90 Å². The molecule has 0 radical (unpaired) electrons. The van der Waals surface area contributed by atoms with Crippen molar-refractivity contribution in [2.24, 2.45) is 11.8 Å². The van der Waals surface area contributed by atoms with Gasteiger partial charge in [0.2, 0.25) is 5.91 Å². The molecule has 108 valence electrons. The highest BCUT2D eigenvalue weighted by atomic mass is 16.4. The second-order valence-corrected chi connectivity index (χ2v) is 6.61. The van der Waals surface area contributed by atoms with E-state index >= 15 is 0 Å². The Morgan fingerprint density at radius 3 is 2.37 bits per heavy atom. The molecule has 1 saturated carbocycles. The predicted molar refractivity (Wildman–Crippen MR) is 72.7 cm³/mol. The molecule has 2 aliphatic rings. The first-order valence-electron chi connectivity index (χ1n) is 7.42. The molecule has 1 aliphatic carbocycles. The van der Waals surface area contributed by atoms with Gasteiger partial charge in [0.25, 0.3) is 0 Å². The van der Waals surface area contributed by atoms with Gasteiger partial charge in [-0.05, 0) is 32.6 Å². The molecule has 19 heavy (non-hydrogen) atoms. The van der Waals surface area contributed by atoms with Crippen LogP contribution in [-0.4, -0.2) is 33.5 Å². The van der Waals surface area contributed by atoms with Gasteiger partial charge in [0.05, 0.1) is 5.92 Å². The van der Waals surface area contributed by atoms with Crippen LogP contribution in [0.3, 0.4) is 0 Å². The Morgan fingerprint density at radius 1 is 1.26 bits per heavy atom. The summed E-state index contributed by atoms with van der Waals surface area (Å²) in [6.45, 7) is 5.93. The average Bonchev–Trinajstić information content (AvgIpc) is 2.27. The first-order chi connectivity index (χ1) is 8.87. The summed E-state index contributed by atoms with van der Waals surface area (Å²) < 4.78 is 0. The van der Waals surface area contributed by atoms with Crippen molar-refractivity contribution in [2.75, 3.05) is 0 Å². The molecular formula is C15H25NO3. The van der Waals surface area contributed by atoms with Crippen molar-refractivity contribution in [3.05, 3.63) is 0 Å². The van der Waals surface area contributed by atoms with Crippen LogP contribution in [0.2, 0.25) is 0 Å². The molecule has 1 N–H and O–H groups in total. The van der Waals surface area contributed by atoms with E-state index in [4.69, 9.17) is 0 Å². The zero-order chi connectivity index (χ0) is 14.2. The fourth-order valence-electron chi connectivity index (χ4n) is 4.16. The topological polar surface area (TPSA) is 57.6 Å². The van der Waals surface area contributed by atoms with Crippen molar-refractivity contribution in [1.29, 1.82) is 0 Å². The smallest absolute Gasteiger partial charge is 0.308 e. The molecule has 2 fully saturated rings. The largest absolute Gasteiger partial charge is 0.481 e. The lowest BCUT2D eigenvalue weighted by atomic mass is 9.74. The fraction of sp³-hybridized carbons (Fsp3) is 0.867. The maximum Gasteiger partial charge on any atom is 0.308 e. The van der Waals surface area contributed by atoms with Crippen LogP contribution in [0, 0.1) is 11.8 Å². The molecule has 3 atom stereocenters. The van der Waals surface area contributed by atoms with Gasteiger partial charge >= 0.3 is 5.97 Å².